The molecule has 6 nitrogen and oxygen atoms in total. The van der Waals surface area contributed by atoms with Gasteiger partial charge in [-0.1, -0.05) is 35.3 Å². The van der Waals surface area contributed by atoms with Gasteiger partial charge < -0.3 is 0 Å². The maximum Gasteiger partial charge on any atom is 0.271 e. The van der Waals surface area contributed by atoms with Crippen molar-refractivity contribution in [2.24, 2.45) is 0 Å². The maximum atomic E-state index is 13.1. The molecule has 0 saturated heterocycles. The predicted octanol–water partition coefficient (Wildman–Crippen LogP) is 4.59. The number of nitro groups is 1. The van der Waals surface area contributed by atoms with Gasteiger partial charge in [0.05, 0.1) is 22.2 Å². The second-order valence-electron chi connectivity index (χ2n) is 5.13. The summed E-state index contributed by atoms with van der Waals surface area (Å²) in [5.41, 5.74) is 0.501. The van der Waals surface area contributed by atoms with Crippen LogP contribution in [0.1, 0.15) is 5.56 Å². The van der Waals surface area contributed by atoms with Crippen LogP contribution in [-0.4, -0.2) is 19.9 Å². The van der Waals surface area contributed by atoms with Crippen LogP contribution in [0.4, 0.5) is 11.4 Å². The number of nitrogens with zero attached hydrogens (tertiary/aromatic N) is 2. The molecule has 2 aromatic rings. The van der Waals surface area contributed by atoms with Crippen LogP contribution >= 0.6 is 23.2 Å². The molecule has 0 aliphatic rings. The van der Waals surface area contributed by atoms with Crippen molar-refractivity contribution >= 4 is 44.6 Å². The number of non-ortho nitro benzene ring substituents is 1. The number of rotatable bonds is 6. The third-order valence-corrected chi connectivity index (χ3v) is 5.92. The lowest BCUT2D eigenvalue weighted by Crippen LogP contribution is -2.32. The van der Waals surface area contributed by atoms with Crippen molar-refractivity contribution in [2.75, 3.05) is 10.8 Å². The van der Waals surface area contributed by atoms with Crippen LogP contribution in [0.25, 0.3) is 0 Å². The lowest BCUT2D eigenvalue weighted by atomic mass is 10.2. The molecule has 0 bridgehead atoms. The lowest BCUT2D eigenvalue weighted by Gasteiger charge is -2.25. The predicted molar refractivity (Wildman–Crippen MR) is 99.0 cm³/mol. The third kappa shape index (κ3) is 3.95. The normalized spacial score (nSPS) is 11.2. The fourth-order valence-corrected chi connectivity index (χ4v) is 4.45. The Morgan fingerprint density at radius 3 is 2.52 bits per heavy atom. The van der Waals surface area contributed by atoms with E-state index in [1.165, 1.54) is 42.5 Å². The number of anilines is 1. The molecule has 2 aromatic carbocycles. The van der Waals surface area contributed by atoms with E-state index in [0.29, 0.717) is 5.56 Å². The second kappa shape index (κ2) is 7.43. The summed E-state index contributed by atoms with van der Waals surface area (Å²) in [4.78, 5) is 10.3. The summed E-state index contributed by atoms with van der Waals surface area (Å²) in [7, 11) is -4.11. The van der Waals surface area contributed by atoms with E-state index in [9.17, 15) is 18.5 Å². The molecule has 0 saturated carbocycles. The first kappa shape index (κ1) is 19.2. The minimum absolute atomic E-state index is 0.00143. The SMILES string of the molecule is C=CCN(c1cc([N+](=O)[O-])ccc1C)S(=O)(=O)c1cc(Cl)ccc1Cl. The molecule has 0 unspecified atom stereocenters. The zero-order valence-electron chi connectivity index (χ0n) is 13.1. The number of hydrogen-bond acceptors (Lipinski definition) is 4. The summed E-state index contributed by atoms with van der Waals surface area (Å²) in [6, 6.07) is 8.09. The molecule has 0 heterocycles. The van der Waals surface area contributed by atoms with E-state index in [4.69, 9.17) is 23.2 Å². The Hall–Kier alpha value is -2.09. The fourth-order valence-electron chi connectivity index (χ4n) is 2.22. The molecule has 0 N–H and O–H groups in total. The Kier molecular flexibility index (Phi) is 5.72. The molecule has 0 fully saturated rings. The fraction of sp³-hybridized carbons (Fsp3) is 0.125. The maximum absolute atomic E-state index is 13.1. The smallest absolute Gasteiger partial charge is 0.262 e. The molecular weight excluding hydrogens is 387 g/mol. The number of benzene rings is 2. The molecule has 0 aliphatic carbocycles. The molecule has 0 atom stereocenters. The minimum atomic E-state index is -4.11. The van der Waals surface area contributed by atoms with Crippen LogP contribution in [0, 0.1) is 17.0 Å². The molecule has 25 heavy (non-hydrogen) atoms. The quantitative estimate of drug-likeness (QED) is 0.403. The van der Waals surface area contributed by atoms with E-state index in [-0.39, 0.29) is 32.9 Å². The Bertz CT molecular complexity index is 945. The van der Waals surface area contributed by atoms with Gasteiger partial charge in [0.15, 0.2) is 0 Å². The van der Waals surface area contributed by atoms with Gasteiger partial charge in [-0.15, -0.1) is 6.58 Å². The Morgan fingerprint density at radius 2 is 1.92 bits per heavy atom. The molecular formula is C16H14Cl2N2O4S. The van der Waals surface area contributed by atoms with Crippen LogP contribution < -0.4 is 4.31 Å². The van der Waals surface area contributed by atoms with Crippen LogP contribution in [0.2, 0.25) is 10.0 Å². The van der Waals surface area contributed by atoms with Gasteiger partial charge in [-0.25, -0.2) is 8.42 Å². The molecule has 132 valence electrons. The van der Waals surface area contributed by atoms with Gasteiger partial charge in [0.2, 0.25) is 0 Å². The number of hydrogen-bond donors (Lipinski definition) is 0. The number of halogens is 2. The Morgan fingerprint density at radius 1 is 1.24 bits per heavy atom. The standard InChI is InChI=1S/C16H14Cl2N2O4S/c1-3-8-19(15-10-13(20(21)22)6-4-11(15)2)25(23,24)16-9-12(17)5-7-14(16)18/h3-7,9-10H,1,8H2,2H3. The number of aryl methyl sites for hydroxylation is 1. The van der Waals surface area contributed by atoms with Crippen molar-refractivity contribution < 1.29 is 13.3 Å². The summed E-state index contributed by atoms with van der Waals surface area (Å²) in [5, 5.41) is 11.2. The van der Waals surface area contributed by atoms with E-state index in [1.807, 2.05) is 0 Å². The van der Waals surface area contributed by atoms with E-state index >= 15 is 0 Å². The van der Waals surface area contributed by atoms with Crippen molar-refractivity contribution in [3.05, 3.63) is 74.8 Å². The Labute approximate surface area is 155 Å². The molecule has 2 rings (SSSR count). The molecule has 0 amide bonds. The zero-order chi connectivity index (χ0) is 18.8. The molecule has 9 heteroatoms. The van der Waals surface area contributed by atoms with Crippen LogP contribution in [-0.2, 0) is 10.0 Å². The zero-order valence-corrected chi connectivity index (χ0v) is 15.5. The Balaban J connectivity index is 2.69. The summed E-state index contributed by atoms with van der Waals surface area (Å²) in [6.45, 7) is 5.13. The number of sulfonamides is 1. The molecule has 0 aromatic heterocycles. The van der Waals surface area contributed by atoms with Gasteiger partial charge in [0.25, 0.3) is 15.7 Å². The molecule has 0 aliphatic heterocycles. The van der Waals surface area contributed by atoms with Crippen molar-refractivity contribution in [3.63, 3.8) is 0 Å². The molecule has 0 spiro atoms. The third-order valence-electron chi connectivity index (χ3n) is 3.43. The average Bonchev–Trinajstić information content (AvgIpc) is 2.55. The van der Waals surface area contributed by atoms with Crippen LogP contribution in [0.15, 0.2) is 53.9 Å². The van der Waals surface area contributed by atoms with Gasteiger partial charge >= 0.3 is 0 Å². The number of nitro benzene ring substituents is 1. The summed E-state index contributed by atoms with van der Waals surface area (Å²) >= 11 is 11.9. The second-order valence-corrected chi connectivity index (χ2v) is 7.80. The van der Waals surface area contributed by atoms with E-state index in [1.54, 1.807) is 6.92 Å². The average molecular weight is 401 g/mol. The van der Waals surface area contributed by atoms with Gasteiger partial charge in [-0.3, -0.25) is 14.4 Å². The topological polar surface area (TPSA) is 80.5 Å². The van der Waals surface area contributed by atoms with Gasteiger partial charge in [-0.05, 0) is 30.7 Å². The van der Waals surface area contributed by atoms with Gasteiger partial charge in [0, 0.05) is 17.2 Å². The highest BCUT2D eigenvalue weighted by Gasteiger charge is 2.28. The van der Waals surface area contributed by atoms with Crippen LogP contribution in [0.3, 0.4) is 0 Å². The van der Waals surface area contributed by atoms with Gasteiger partial charge in [-0.2, -0.15) is 0 Å². The van der Waals surface area contributed by atoms with E-state index in [0.717, 1.165) is 4.31 Å². The first-order valence-corrected chi connectivity index (χ1v) is 9.22. The molecule has 0 radical (unpaired) electrons. The summed E-state index contributed by atoms with van der Waals surface area (Å²) in [5.74, 6) is 0. The highest BCUT2D eigenvalue weighted by Crippen LogP contribution is 2.33. The first-order valence-electron chi connectivity index (χ1n) is 7.02. The summed E-state index contributed by atoms with van der Waals surface area (Å²) in [6.07, 6.45) is 1.38. The summed E-state index contributed by atoms with van der Waals surface area (Å²) < 4.78 is 27.2. The van der Waals surface area contributed by atoms with Gasteiger partial charge in [0.1, 0.15) is 4.90 Å². The van der Waals surface area contributed by atoms with E-state index in [2.05, 4.69) is 6.58 Å². The first-order chi connectivity index (χ1) is 11.7. The van der Waals surface area contributed by atoms with Crippen LogP contribution in [0.5, 0.6) is 0 Å². The monoisotopic (exact) mass is 400 g/mol. The van der Waals surface area contributed by atoms with Crippen molar-refractivity contribution in [2.45, 2.75) is 11.8 Å². The van der Waals surface area contributed by atoms with E-state index < -0.39 is 14.9 Å². The lowest BCUT2D eigenvalue weighted by molar-refractivity contribution is -0.384. The largest absolute Gasteiger partial charge is 0.271 e. The van der Waals surface area contributed by atoms with Crippen molar-refractivity contribution in [1.29, 1.82) is 0 Å². The highest BCUT2D eigenvalue weighted by atomic mass is 35.5. The van der Waals surface area contributed by atoms with Crippen molar-refractivity contribution in [3.8, 4) is 0 Å². The minimum Gasteiger partial charge on any atom is -0.262 e. The highest BCUT2D eigenvalue weighted by molar-refractivity contribution is 7.93. The van der Waals surface area contributed by atoms with Crippen molar-refractivity contribution in [1.82, 2.24) is 0 Å².